The molecule has 0 bridgehead atoms. The number of sulfonamides is 1. The van der Waals surface area contributed by atoms with Crippen LogP contribution >= 0.6 is 0 Å². The van der Waals surface area contributed by atoms with Gasteiger partial charge in [-0.1, -0.05) is 48.0 Å². The number of aryl methyl sites for hydroxylation is 4. The largest absolute Gasteiger partial charge is 0.324 e. The number of hydrogen-bond acceptors (Lipinski definition) is 3. The Morgan fingerprint density at radius 2 is 1.43 bits per heavy atom. The summed E-state index contributed by atoms with van der Waals surface area (Å²) in [7, 11) is -3.92. The van der Waals surface area contributed by atoms with Gasteiger partial charge in [0.15, 0.2) is 0 Å². The predicted molar refractivity (Wildman–Crippen MR) is 121 cm³/mol. The lowest BCUT2D eigenvalue weighted by Gasteiger charge is -2.25. The van der Waals surface area contributed by atoms with Crippen molar-refractivity contribution >= 4 is 27.3 Å². The Hall–Kier alpha value is -3.12. The molecule has 30 heavy (non-hydrogen) atoms. The highest BCUT2D eigenvalue weighted by molar-refractivity contribution is 7.92. The van der Waals surface area contributed by atoms with Crippen molar-refractivity contribution in [2.75, 3.05) is 16.2 Å². The summed E-state index contributed by atoms with van der Waals surface area (Å²) in [4.78, 5) is 13.0. The summed E-state index contributed by atoms with van der Waals surface area (Å²) < 4.78 is 28.0. The Morgan fingerprint density at radius 3 is 2.03 bits per heavy atom. The SMILES string of the molecule is Cc1ccc(S(=O)(=O)N(CC(=O)Nc2c(C)cccc2C)c2cccc(C)c2)cc1. The van der Waals surface area contributed by atoms with Gasteiger partial charge in [-0.3, -0.25) is 9.10 Å². The van der Waals surface area contributed by atoms with Crippen LogP contribution in [-0.2, 0) is 14.8 Å². The number of para-hydroxylation sites is 1. The maximum Gasteiger partial charge on any atom is 0.264 e. The molecule has 3 aromatic rings. The Balaban J connectivity index is 1.98. The monoisotopic (exact) mass is 422 g/mol. The third-order valence-corrected chi connectivity index (χ3v) is 6.72. The van der Waals surface area contributed by atoms with E-state index < -0.39 is 15.9 Å². The molecule has 3 rings (SSSR count). The van der Waals surface area contributed by atoms with E-state index in [9.17, 15) is 13.2 Å². The van der Waals surface area contributed by atoms with Crippen molar-refractivity contribution in [2.45, 2.75) is 32.6 Å². The van der Waals surface area contributed by atoms with Crippen molar-refractivity contribution < 1.29 is 13.2 Å². The molecule has 5 nitrogen and oxygen atoms in total. The first-order valence-electron chi connectivity index (χ1n) is 9.70. The molecular weight excluding hydrogens is 396 g/mol. The van der Waals surface area contributed by atoms with Crippen LogP contribution in [0.2, 0.25) is 0 Å². The third-order valence-electron chi connectivity index (χ3n) is 4.93. The summed E-state index contributed by atoms with van der Waals surface area (Å²) in [6.45, 7) is 7.27. The smallest absolute Gasteiger partial charge is 0.264 e. The number of nitrogens with one attached hydrogen (secondary N) is 1. The quantitative estimate of drug-likeness (QED) is 0.623. The highest BCUT2D eigenvalue weighted by Crippen LogP contribution is 2.25. The van der Waals surface area contributed by atoms with Crippen molar-refractivity contribution in [2.24, 2.45) is 0 Å². The first-order valence-corrected chi connectivity index (χ1v) is 11.1. The number of rotatable bonds is 6. The molecule has 156 valence electrons. The first-order chi connectivity index (χ1) is 14.2. The molecule has 0 aliphatic rings. The zero-order valence-corrected chi connectivity index (χ0v) is 18.5. The molecule has 0 fully saturated rings. The highest BCUT2D eigenvalue weighted by Gasteiger charge is 2.27. The number of nitrogens with zero attached hydrogens (tertiary/aromatic N) is 1. The second-order valence-electron chi connectivity index (χ2n) is 7.48. The van der Waals surface area contributed by atoms with Crippen LogP contribution in [0.5, 0.6) is 0 Å². The molecule has 3 aromatic carbocycles. The topological polar surface area (TPSA) is 66.5 Å². The molecule has 6 heteroatoms. The fourth-order valence-electron chi connectivity index (χ4n) is 3.26. The van der Waals surface area contributed by atoms with E-state index in [1.165, 1.54) is 0 Å². The van der Waals surface area contributed by atoms with E-state index in [4.69, 9.17) is 0 Å². The van der Waals surface area contributed by atoms with Crippen molar-refractivity contribution in [1.29, 1.82) is 0 Å². The van der Waals surface area contributed by atoms with Gasteiger partial charge in [0.05, 0.1) is 10.6 Å². The molecular formula is C24H26N2O3S. The second kappa shape index (κ2) is 8.71. The van der Waals surface area contributed by atoms with Crippen molar-refractivity contribution in [3.8, 4) is 0 Å². The normalized spacial score (nSPS) is 11.2. The van der Waals surface area contributed by atoms with Gasteiger partial charge in [-0.15, -0.1) is 0 Å². The molecule has 0 aliphatic carbocycles. The summed E-state index contributed by atoms with van der Waals surface area (Å²) in [5.74, 6) is -0.399. The number of amides is 1. The van der Waals surface area contributed by atoms with Crippen LogP contribution < -0.4 is 9.62 Å². The van der Waals surface area contributed by atoms with E-state index in [0.717, 1.165) is 26.6 Å². The lowest BCUT2D eigenvalue weighted by Crippen LogP contribution is -2.38. The summed E-state index contributed by atoms with van der Waals surface area (Å²) in [5, 5.41) is 2.88. The first kappa shape index (κ1) is 21.6. The van der Waals surface area contributed by atoms with Crippen LogP contribution in [0.4, 0.5) is 11.4 Å². The van der Waals surface area contributed by atoms with Gasteiger partial charge < -0.3 is 5.32 Å². The van der Waals surface area contributed by atoms with Crippen LogP contribution in [-0.4, -0.2) is 20.9 Å². The van der Waals surface area contributed by atoms with Gasteiger partial charge in [0, 0.05) is 5.69 Å². The van der Waals surface area contributed by atoms with E-state index >= 15 is 0 Å². The van der Waals surface area contributed by atoms with Crippen LogP contribution in [0.15, 0.2) is 71.6 Å². The number of carbonyl (C=O) groups excluding carboxylic acids is 1. The fourth-order valence-corrected chi connectivity index (χ4v) is 4.67. The molecule has 0 unspecified atom stereocenters. The summed E-state index contributed by atoms with van der Waals surface area (Å²) >= 11 is 0. The molecule has 0 heterocycles. The van der Waals surface area contributed by atoms with E-state index in [1.54, 1.807) is 42.5 Å². The standard InChI is InChI=1S/C24H26N2O3S/c1-17-11-13-22(14-12-17)30(28,29)26(21-10-5-7-18(2)15-21)16-23(27)25-24-19(3)8-6-9-20(24)4/h5-15H,16H2,1-4H3,(H,25,27). The van der Waals surface area contributed by atoms with E-state index in [2.05, 4.69) is 5.32 Å². The summed E-state index contributed by atoms with van der Waals surface area (Å²) in [6, 6.07) is 19.5. The van der Waals surface area contributed by atoms with Crippen molar-refractivity contribution in [3.05, 3.63) is 89.0 Å². The molecule has 0 saturated heterocycles. The average Bonchev–Trinajstić information content (AvgIpc) is 2.69. The van der Waals surface area contributed by atoms with Crippen LogP contribution in [0.25, 0.3) is 0 Å². The van der Waals surface area contributed by atoms with Gasteiger partial charge in [-0.2, -0.15) is 0 Å². The van der Waals surface area contributed by atoms with Gasteiger partial charge in [-0.05, 0) is 68.7 Å². The zero-order valence-electron chi connectivity index (χ0n) is 17.6. The molecule has 0 atom stereocenters. The summed E-state index contributed by atoms with van der Waals surface area (Å²) in [5.41, 5.74) is 4.88. The van der Waals surface area contributed by atoms with Gasteiger partial charge in [0.2, 0.25) is 5.91 Å². The molecule has 1 N–H and O–H groups in total. The van der Waals surface area contributed by atoms with Crippen LogP contribution in [0, 0.1) is 27.7 Å². The number of anilines is 2. The van der Waals surface area contributed by atoms with Gasteiger partial charge >= 0.3 is 0 Å². The van der Waals surface area contributed by atoms with Gasteiger partial charge in [-0.25, -0.2) is 8.42 Å². The lowest BCUT2D eigenvalue weighted by atomic mass is 10.1. The minimum atomic E-state index is -3.92. The third kappa shape index (κ3) is 4.71. The maximum absolute atomic E-state index is 13.4. The van der Waals surface area contributed by atoms with Gasteiger partial charge in [0.1, 0.15) is 6.54 Å². The fraction of sp³-hybridized carbons (Fsp3) is 0.208. The van der Waals surface area contributed by atoms with Crippen molar-refractivity contribution in [3.63, 3.8) is 0 Å². The van der Waals surface area contributed by atoms with Crippen molar-refractivity contribution in [1.82, 2.24) is 0 Å². The molecule has 0 radical (unpaired) electrons. The number of hydrogen-bond donors (Lipinski definition) is 1. The maximum atomic E-state index is 13.4. The number of benzene rings is 3. The number of carbonyl (C=O) groups is 1. The predicted octanol–water partition coefficient (Wildman–Crippen LogP) is 4.75. The van der Waals surface area contributed by atoms with Gasteiger partial charge in [0.25, 0.3) is 10.0 Å². The Bertz CT molecular complexity index is 1150. The Labute approximate surface area is 178 Å². The molecule has 0 aliphatic heterocycles. The minimum Gasteiger partial charge on any atom is -0.324 e. The Kier molecular flexibility index (Phi) is 6.27. The molecule has 1 amide bonds. The average molecular weight is 423 g/mol. The minimum absolute atomic E-state index is 0.148. The van der Waals surface area contributed by atoms with E-state index in [-0.39, 0.29) is 11.4 Å². The van der Waals surface area contributed by atoms with E-state index in [0.29, 0.717) is 11.4 Å². The molecule has 0 spiro atoms. The Morgan fingerprint density at radius 1 is 0.833 bits per heavy atom. The lowest BCUT2D eigenvalue weighted by molar-refractivity contribution is -0.114. The second-order valence-corrected chi connectivity index (χ2v) is 9.34. The molecule has 0 saturated carbocycles. The van der Waals surface area contributed by atoms with Crippen LogP contribution in [0.3, 0.4) is 0 Å². The highest BCUT2D eigenvalue weighted by atomic mass is 32.2. The summed E-state index contributed by atoms with van der Waals surface area (Å²) in [6.07, 6.45) is 0. The van der Waals surface area contributed by atoms with Crippen LogP contribution in [0.1, 0.15) is 22.3 Å². The molecule has 0 aromatic heterocycles. The van der Waals surface area contributed by atoms with E-state index in [1.807, 2.05) is 52.0 Å². The zero-order chi connectivity index (χ0) is 21.9.